The molecule has 0 radical (unpaired) electrons. The Hall–Kier alpha value is -0.180. The van der Waals surface area contributed by atoms with Gasteiger partial charge in [-0.05, 0) is 18.2 Å². The lowest BCUT2D eigenvalue weighted by Gasteiger charge is -2.34. The van der Waals surface area contributed by atoms with Crippen LogP contribution in [-0.2, 0) is 10.0 Å². The van der Waals surface area contributed by atoms with Gasteiger partial charge in [0.2, 0.25) is 10.0 Å². The Kier molecular flexibility index (Phi) is 6.05. The zero-order chi connectivity index (χ0) is 15.5. The number of piperazine rings is 1. The van der Waals surface area contributed by atoms with Gasteiger partial charge >= 0.3 is 0 Å². The Morgan fingerprint density at radius 1 is 1.29 bits per heavy atom. The van der Waals surface area contributed by atoms with Gasteiger partial charge in [-0.25, -0.2) is 8.42 Å². The van der Waals surface area contributed by atoms with Crippen LogP contribution in [0.15, 0.2) is 33.6 Å². The van der Waals surface area contributed by atoms with Gasteiger partial charge in [0, 0.05) is 43.1 Å². The molecule has 1 unspecified atom stereocenters. The van der Waals surface area contributed by atoms with E-state index in [0.717, 1.165) is 4.47 Å². The van der Waals surface area contributed by atoms with Gasteiger partial charge in [0.15, 0.2) is 0 Å². The first-order valence-corrected chi connectivity index (χ1v) is 9.42. The lowest BCUT2D eigenvalue weighted by Crippen LogP contribution is -2.50. The minimum Gasteiger partial charge on any atom is -0.391 e. The van der Waals surface area contributed by atoms with Gasteiger partial charge in [0.05, 0.1) is 11.0 Å². The van der Waals surface area contributed by atoms with Gasteiger partial charge in [-0.15, -0.1) is 11.6 Å². The lowest BCUT2D eigenvalue weighted by atomic mass is 10.3. The first kappa shape index (κ1) is 17.2. The second-order valence-corrected chi connectivity index (χ2v) is 8.13. The Labute approximate surface area is 138 Å². The summed E-state index contributed by atoms with van der Waals surface area (Å²) in [7, 11) is -3.45. The number of rotatable bonds is 5. The van der Waals surface area contributed by atoms with Crippen molar-refractivity contribution in [2.45, 2.75) is 11.0 Å². The third-order valence-electron chi connectivity index (χ3n) is 3.41. The molecule has 1 N–H and O–H groups in total. The summed E-state index contributed by atoms with van der Waals surface area (Å²) in [6.07, 6.45) is -0.570. The Morgan fingerprint density at radius 3 is 2.52 bits per heavy atom. The van der Waals surface area contributed by atoms with Crippen LogP contribution >= 0.6 is 27.5 Å². The highest BCUT2D eigenvalue weighted by atomic mass is 79.9. The summed E-state index contributed by atoms with van der Waals surface area (Å²) in [4.78, 5) is 2.33. The molecular weight excluding hydrogens is 380 g/mol. The van der Waals surface area contributed by atoms with Gasteiger partial charge in [-0.1, -0.05) is 22.0 Å². The maximum atomic E-state index is 12.5. The van der Waals surface area contributed by atoms with Crippen molar-refractivity contribution in [1.82, 2.24) is 9.21 Å². The fourth-order valence-corrected chi connectivity index (χ4v) is 4.39. The number of halogens is 2. The molecule has 0 aliphatic carbocycles. The molecule has 1 fully saturated rings. The Balaban J connectivity index is 2.01. The van der Waals surface area contributed by atoms with Gasteiger partial charge in [0.1, 0.15) is 0 Å². The summed E-state index contributed by atoms with van der Waals surface area (Å²) in [5.74, 6) is 0.191. The van der Waals surface area contributed by atoms with Crippen molar-refractivity contribution in [2.24, 2.45) is 0 Å². The molecule has 5 nitrogen and oxygen atoms in total. The molecule has 0 aromatic heterocycles. The van der Waals surface area contributed by atoms with E-state index in [0.29, 0.717) is 37.6 Å². The number of aliphatic hydroxyl groups excluding tert-OH is 1. The third-order valence-corrected chi connectivity index (χ3v) is 6.16. The predicted octanol–water partition coefficient (Wildman–Crippen LogP) is 1.36. The second-order valence-electron chi connectivity index (χ2n) is 4.97. The number of nitrogens with zero attached hydrogens (tertiary/aromatic N) is 2. The van der Waals surface area contributed by atoms with E-state index in [1.54, 1.807) is 24.3 Å². The normalized spacial score (nSPS) is 19.6. The number of benzene rings is 1. The third kappa shape index (κ3) is 4.40. The smallest absolute Gasteiger partial charge is 0.243 e. The van der Waals surface area contributed by atoms with Crippen molar-refractivity contribution in [1.29, 1.82) is 0 Å². The van der Waals surface area contributed by atoms with E-state index in [1.807, 2.05) is 4.90 Å². The number of alkyl halides is 1. The van der Waals surface area contributed by atoms with Gasteiger partial charge in [0.25, 0.3) is 0 Å². The van der Waals surface area contributed by atoms with E-state index in [-0.39, 0.29) is 5.88 Å². The SMILES string of the molecule is O=S(=O)(c1cccc(Br)c1)N1CCN(CC(O)CCl)CC1. The van der Waals surface area contributed by atoms with E-state index in [2.05, 4.69) is 15.9 Å². The van der Waals surface area contributed by atoms with Crippen LogP contribution in [0, 0.1) is 0 Å². The minimum absolute atomic E-state index is 0.191. The summed E-state index contributed by atoms with van der Waals surface area (Å²) in [5.41, 5.74) is 0. The Morgan fingerprint density at radius 2 is 1.95 bits per heavy atom. The van der Waals surface area contributed by atoms with Crippen molar-refractivity contribution < 1.29 is 13.5 Å². The zero-order valence-corrected chi connectivity index (χ0v) is 14.6. The monoisotopic (exact) mass is 396 g/mol. The van der Waals surface area contributed by atoms with E-state index in [4.69, 9.17) is 11.6 Å². The van der Waals surface area contributed by atoms with Crippen molar-refractivity contribution >= 4 is 37.6 Å². The van der Waals surface area contributed by atoms with E-state index in [9.17, 15) is 13.5 Å². The van der Waals surface area contributed by atoms with Crippen LogP contribution < -0.4 is 0 Å². The first-order valence-electron chi connectivity index (χ1n) is 6.65. The molecule has 0 amide bonds. The average Bonchev–Trinajstić information content (AvgIpc) is 2.47. The molecule has 8 heteroatoms. The highest BCUT2D eigenvalue weighted by Crippen LogP contribution is 2.21. The molecule has 1 aromatic rings. The van der Waals surface area contributed by atoms with Crippen molar-refractivity contribution in [3.63, 3.8) is 0 Å². The van der Waals surface area contributed by atoms with Crippen LogP contribution in [0.4, 0.5) is 0 Å². The Bertz CT molecular complexity index is 577. The number of hydrogen-bond acceptors (Lipinski definition) is 4. The van der Waals surface area contributed by atoms with Gasteiger partial charge < -0.3 is 5.11 Å². The number of sulfonamides is 1. The lowest BCUT2D eigenvalue weighted by molar-refractivity contribution is 0.105. The van der Waals surface area contributed by atoms with Crippen molar-refractivity contribution in [3.8, 4) is 0 Å². The van der Waals surface area contributed by atoms with Crippen molar-refractivity contribution in [2.75, 3.05) is 38.6 Å². The molecule has 118 valence electrons. The molecule has 0 saturated carbocycles. The number of aliphatic hydroxyl groups is 1. The van der Waals surface area contributed by atoms with Crippen LogP contribution in [0.2, 0.25) is 0 Å². The highest BCUT2D eigenvalue weighted by molar-refractivity contribution is 9.10. The summed E-state index contributed by atoms with van der Waals surface area (Å²) >= 11 is 8.87. The summed E-state index contributed by atoms with van der Waals surface area (Å²) < 4.78 is 27.3. The van der Waals surface area contributed by atoms with Crippen LogP contribution in [0.5, 0.6) is 0 Å². The molecule has 1 aliphatic heterocycles. The second kappa shape index (κ2) is 7.39. The van der Waals surface area contributed by atoms with Crippen LogP contribution in [-0.4, -0.2) is 67.4 Å². The zero-order valence-electron chi connectivity index (χ0n) is 11.5. The maximum absolute atomic E-state index is 12.5. The molecule has 21 heavy (non-hydrogen) atoms. The van der Waals surface area contributed by atoms with Crippen molar-refractivity contribution in [3.05, 3.63) is 28.7 Å². The molecular formula is C13H18BrClN2O3S. The van der Waals surface area contributed by atoms with Gasteiger partial charge in [-0.2, -0.15) is 4.31 Å². The molecule has 1 aliphatic rings. The molecule has 1 heterocycles. The molecule has 2 rings (SSSR count). The topological polar surface area (TPSA) is 60.9 Å². The maximum Gasteiger partial charge on any atom is 0.243 e. The minimum atomic E-state index is -3.45. The van der Waals surface area contributed by atoms with E-state index < -0.39 is 16.1 Å². The van der Waals surface area contributed by atoms with Crippen LogP contribution in [0.25, 0.3) is 0 Å². The first-order chi connectivity index (χ1) is 9.93. The van der Waals surface area contributed by atoms with E-state index >= 15 is 0 Å². The largest absolute Gasteiger partial charge is 0.391 e. The number of hydrogen-bond donors (Lipinski definition) is 1. The summed E-state index contributed by atoms with van der Waals surface area (Å²) in [5, 5.41) is 9.53. The highest BCUT2D eigenvalue weighted by Gasteiger charge is 2.28. The van der Waals surface area contributed by atoms with E-state index in [1.165, 1.54) is 4.31 Å². The predicted molar refractivity (Wildman–Crippen MR) is 86.1 cm³/mol. The van der Waals surface area contributed by atoms with Crippen LogP contribution in [0.3, 0.4) is 0 Å². The molecule has 1 atom stereocenters. The quantitative estimate of drug-likeness (QED) is 0.762. The molecule has 1 saturated heterocycles. The average molecular weight is 398 g/mol. The fraction of sp³-hybridized carbons (Fsp3) is 0.538. The standard InChI is InChI=1S/C13H18BrClN2O3S/c14-11-2-1-3-13(8-11)21(19,20)17-6-4-16(5-7-17)10-12(18)9-15/h1-3,8,12,18H,4-7,9-10H2. The molecule has 1 aromatic carbocycles. The van der Waals surface area contributed by atoms with Gasteiger partial charge in [-0.3, -0.25) is 4.90 Å². The summed E-state index contributed by atoms with van der Waals surface area (Å²) in [6.45, 7) is 2.52. The summed E-state index contributed by atoms with van der Waals surface area (Å²) in [6, 6.07) is 6.72. The number of β-amino-alcohol motifs (C(OH)–C–C–N with tert-alkyl or cyclic N) is 1. The molecule has 0 spiro atoms. The fourth-order valence-electron chi connectivity index (χ4n) is 2.28. The van der Waals surface area contributed by atoms with Crippen LogP contribution in [0.1, 0.15) is 0 Å². The molecule has 0 bridgehead atoms.